The van der Waals surface area contributed by atoms with Crippen molar-refractivity contribution in [1.82, 2.24) is 9.55 Å². The van der Waals surface area contributed by atoms with Gasteiger partial charge in [0.15, 0.2) is 0 Å². The van der Waals surface area contributed by atoms with Crippen LogP contribution in [0.15, 0.2) is 200 Å². The third-order valence-electron chi connectivity index (χ3n) is 12.4. The highest BCUT2D eigenvalue weighted by molar-refractivity contribution is 6.12. The van der Waals surface area contributed by atoms with Gasteiger partial charge in [0.05, 0.1) is 34.1 Å². The van der Waals surface area contributed by atoms with Crippen molar-refractivity contribution in [2.24, 2.45) is 0 Å². The lowest BCUT2D eigenvalue weighted by molar-refractivity contribution is 0.661. The second kappa shape index (κ2) is 13.9. The molecule has 8 aromatic carbocycles. The van der Waals surface area contributed by atoms with Gasteiger partial charge in [-0.15, -0.1) is 0 Å². The minimum Gasteiger partial charge on any atom is -0.309 e. The van der Waals surface area contributed by atoms with E-state index in [1.165, 1.54) is 33.0 Å². The largest absolute Gasteiger partial charge is 0.309 e. The molecule has 0 saturated heterocycles. The normalized spacial score (nSPS) is 12.6. The summed E-state index contributed by atoms with van der Waals surface area (Å²) in [5.41, 5.74) is 19.1. The van der Waals surface area contributed by atoms with E-state index in [1.807, 2.05) is 30.3 Å². The first-order valence-corrected chi connectivity index (χ1v) is 20.5. The minimum absolute atomic E-state index is 0.155. The summed E-state index contributed by atoms with van der Waals surface area (Å²) in [6.45, 7) is 4.69. The molecule has 2 heterocycles. The molecule has 3 heteroatoms. The molecular weight excluding hydrogens is 727 g/mol. The number of para-hydroxylation sites is 1. The van der Waals surface area contributed by atoms with E-state index in [-0.39, 0.29) is 5.41 Å². The van der Waals surface area contributed by atoms with Crippen molar-refractivity contribution < 1.29 is 0 Å². The van der Waals surface area contributed by atoms with Crippen molar-refractivity contribution in [3.63, 3.8) is 0 Å². The molecule has 0 bridgehead atoms. The highest BCUT2D eigenvalue weighted by atomic mass is 15.0. The van der Waals surface area contributed by atoms with Gasteiger partial charge < -0.3 is 4.57 Å². The number of fused-ring (bicyclic) bond motifs is 6. The Labute approximate surface area is 350 Å². The van der Waals surface area contributed by atoms with E-state index >= 15 is 0 Å². The maximum Gasteiger partial charge on any atom is 0.0998 e. The van der Waals surface area contributed by atoms with Crippen LogP contribution in [0.3, 0.4) is 0 Å². The summed E-state index contributed by atoms with van der Waals surface area (Å²) in [6, 6.07) is 73.5. The first-order valence-electron chi connectivity index (χ1n) is 20.5. The lowest BCUT2D eigenvalue weighted by Gasteiger charge is -2.22. The minimum atomic E-state index is -0.155. The lowest BCUT2D eigenvalue weighted by Crippen LogP contribution is -2.15. The average Bonchev–Trinajstić information content (AvgIpc) is 3.76. The third kappa shape index (κ3) is 5.76. The van der Waals surface area contributed by atoms with Gasteiger partial charge in [0, 0.05) is 33.0 Å². The number of aromatic nitrogens is 2. The zero-order chi connectivity index (χ0) is 40.4. The summed E-state index contributed by atoms with van der Waals surface area (Å²) >= 11 is 0. The number of rotatable bonds is 6. The van der Waals surface area contributed by atoms with Crippen molar-refractivity contribution >= 4 is 21.8 Å². The van der Waals surface area contributed by atoms with Gasteiger partial charge in [-0.1, -0.05) is 159 Å². The predicted octanol–water partition coefficient (Wildman–Crippen LogP) is 14.7. The molecule has 0 spiro atoms. The number of hydrogen-bond donors (Lipinski definition) is 0. The zero-order valence-electron chi connectivity index (χ0n) is 33.4. The van der Waals surface area contributed by atoms with Crippen LogP contribution in [0.5, 0.6) is 0 Å². The predicted molar refractivity (Wildman–Crippen MR) is 248 cm³/mol. The van der Waals surface area contributed by atoms with E-state index in [4.69, 9.17) is 4.98 Å². The molecule has 1 aliphatic carbocycles. The Morgan fingerprint density at radius 2 is 1.03 bits per heavy atom. The SMILES string of the molecule is CC1(C)c2ccccc2-c2cc3c4ccccc4n(-c4cc(-c5ccc(-c6ccccc6)c(C#N)c5)cc(-c5cc(-c6ccccc6)cc(-c6ccccc6)n5)c4)c3cc21. The summed E-state index contributed by atoms with van der Waals surface area (Å²) in [5, 5.41) is 13.0. The Balaban J connectivity index is 1.19. The zero-order valence-corrected chi connectivity index (χ0v) is 33.4. The number of nitriles is 1. The van der Waals surface area contributed by atoms with Gasteiger partial charge in [-0.3, -0.25) is 0 Å². The van der Waals surface area contributed by atoms with E-state index in [2.05, 4.69) is 194 Å². The van der Waals surface area contributed by atoms with E-state index in [1.54, 1.807) is 0 Å². The van der Waals surface area contributed by atoms with Gasteiger partial charge in [-0.05, 0) is 110 Å². The Kier molecular flexibility index (Phi) is 8.22. The third-order valence-corrected chi connectivity index (χ3v) is 12.4. The van der Waals surface area contributed by atoms with Gasteiger partial charge >= 0.3 is 0 Å². The molecule has 1 aliphatic rings. The van der Waals surface area contributed by atoms with Crippen molar-refractivity contribution in [1.29, 1.82) is 5.26 Å². The average molecular weight is 766 g/mol. The smallest absolute Gasteiger partial charge is 0.0998 e. The van der Waals surface area contributed by atoms with Gasteiger partial charge in [0.1, 0.15) is 0 Å². The van der Waals surface area contributed by atoms with Crippen LogP contribution in [0.4, 0.5) is 0 Å². The van der Waals surface area contributed by atoms with Crippen LogP contribution in [0.2, 0.25) is 0 Å². The lowest BCUT2D eigenvalue weighted by atomic mass is 9.82. The van der Waals surface area contributed by atoms with Crippen molar-refractivity contribution in [2.75, 3.05) is 0 Å². The molecule has 0 fully saturated rings. The van der Waals surface area contributed by atoms with E-state index in [0.717, 1.165) is 72.6 Å². The Morgan fingerprint density at radius 3 is 1.78 bits per heavy atom. The van der Waals surface area contributed by atoms with Gasteiger partial charge in [0.2, 0.25) is 0 Å². The Hall–Kier alpha value is -7.80. The number of hydrogen-bond acceptors (Lipinski definition) is 2. The maximum absolute atomic E-state index is 10.5. The fraction of sp³-hybridized carbons (Fsp3) is 0.0526. The van der Waals surface area contributed by atoms with Crippen molar-refractivity contribution in [2.45, 2.75) is 19.3 Å². The molecule has 0 atom stereocenters. The molecule has 0 radical (unpaired) electrons. The number of nitrogens with zero attached hydrogens (tertiary/aromatic N) is 3. The van der Waals surface area contributed by atoms with E-state index in [0.29, 0.717) is 5.56 Å². The van der Waals surface area contributed by atoms with E-state index < -0.39 is 0 Å². The second-order valence-electron chi connectivity index (χ2n) is 16.3. The monoisotopic (exact) mass is 765 g/mol. The van der Waals surface area contributed by atoms with E-state index in [9.17, 15) is 5.26 Å². The van der Waals surface area contributed by atoms with Gasteiger partial charge in [-0.25, -0.2) is 4.98 Å². The molecule has 0 amide bonds. The first-order chi connectivity index (χ1) is 29.4. The maximum atomic E-state index is 10.5. The molecule has 3 nitrogen and oxygen atoms in total. The first kappa shape index (κ1) is 35.4. The van der Waals surface area contributed by atoms with Crippen LogP contribution in [0.1, 0.15) is 30.5 Å². The van der Waals surface area contributed by atoms with Gasteiger partial charge in [0.25, 0.3) is 0 Å². The van der Waals surface area contributed by atoms with Crippen LogP contribution in [-0.4, -0.2) is 9.55 Å². The summed E-state index contributed by atoms with van der Waals surface area (Å²) in [7, 11) is 0. The fourth-order valence-corrected chi connectivity index (χ4v) is 9.41. The molecule has 11 rings (SSSR count). The summed E-state index contributed by atoms with van der Waals surface area (Å²) in [6.07, 6.45) is 0. The molecule has 10 aromatic rings. The Morgan fingerprint density at radius 1 is 0.417 bits per heavy atom. The highest BCUT2D eigenvalue weighted by Gasteiger charge is 2.36. The number of benzene rings is 8. The van der Waals surface area contributed by atoms with Crippen LogP contribution in [0, 0.1) is 11.3 Å². The molecule has 60 heavy (non-hydrogen) atoms. The summed E-state index contributed by atoms with van der Waals surface area (Å²) in [5.74, 6) is 0. The van der Waals surface area contributed by atoms with Crippen LogP contribution < -0.4 is 0 Å². The summed E-state index contributed by atoms with van der Waals surface area (Å²) < 4.78 is 2.43. The van der Waals surface area contributed by atoms with Crippen molar-refractivity contribution in [3.05, 3.63) is 217 Å². The fourth-order valence-electron chi connectivity index (χ4n) is 9.41. The quantitative estimate of drug-likeness (QED) is 0.169. The second-order valence-corrected chi connectivity index (χ2v) is 16.3. The van der Waals surface area contributed by atoms with Crippen molar-refractivity contribution in [3.8, 4) is 78.8 Å². The molecule has 0 unspecified atom stereocenters. The van der Waals surface area contributed by atoms with Crippen LogP contribution >= 0.6 is 0 Å². The van der Waals surface area contributed by atoms with Crippen LogP contribution in [0.25, 0.3) is 94.5 Å². The number of pyridine rings is 1. The molecule has 2 aromatic heterocycles. The molecule has 0 N–H and O–H groups in total. The highest BCUT2D eigenvalue weighted by Crippen LogP contribution is 2.51. The van der Waals surface area contributed by atoms with Crippen LogP contribution in [-0.2, 0) is 5.41 Å². The topological polar surface area (TPSA) is 41.6 Å². The summed E-state index contributed by atoms with van der Waals surface area (Å²) in [4.78, 5) is 5.40. The standard InChI is InChI=1S/C57H39N3/c1-57(2)51-24-14-12-22-47(51)49-34-50-48-23-13-15-25-55(48)60(56(50)35-52(49)57)45-30-41(40-26-27-46(44(28-40)36-58)38-18-8-4-9-19-38)29-43(31-45)54-33-42(37-16-6-3-7-17-37)32-53(59-54)39-20-10-5-11-21-39/h3-35H,1-2H3. The molecule has 0 saturated carbocycles. The molecule has 282 valence electrons. The van der Waals surface area contributed by atoms with Gasteiger partial charge in [-0.2, -0.15) is 5.26 Å². The Bertz CT molecular complexity index is 3270. The molecule has 0 aliphatic heterocycles. The molecular formula is C57H39N3.